The van der Waals surface area contributed by atoms with Gasteiger partial charge in [0, 0.05) is 25.8 Å². The van der Waals surface area contributed by atoms with Gasteiger partial charge in [-0.2, -0.15) is 13.2 Å². The Morgan fingerprint density at radius 3 is 2.73 bits per heavy atom. The molecule has 0 aromatic carbocycles. The van der Waals surface area contributed by atoms with E-state index in [1.165, 1.54) is 4.90 Å². The summed E-state index contributed by atoms with van der Waals surface area (Å²) >= 11 is 0. The minimum atomic E-state index is -4.77. The lowest BCUT2D eigenvalue weighted by Gasteiger charge is -2.41. The first-order valence-corrected chi connectivity index (χ1v) is 9.57. The number of morpholine rings is 1. The van der Waals surface area contributed by atoms with Crippen LogP contribution in [-0.4, -0.2) is 57.0 Å². The third kappa shape index (κ3) is 4.64. The summed E-state index contributed by atoms with van der Waals surface area (Å²) in [6.07, 6.45) is -3.27. The number of rotatable bonds is 6. The van der Waals surface area contributed by atoms with Crippen LogP contribution in [0.2, 0.25) is 0 Å². The lowest BCUT2D eigenvalue weighted by Crippen LogP contribution is -2.50. The third-order valence-corrected chi connectivity index (χ3v) is 5.67. The van der Waals surface area contributed by atoms with E-state index in [1.54, 1.807) is 0 Å². The Morgan fingerprint density at radius 2 is 2.15 bits per heavy atom. The Morgan fingerprint density at radius 1 is 1.46 bits per heavy atom. The van der Waals surface area contributed by atoms with Crippen molar-refractivity contribution in [3.05, 3.63) is 17.8 Å². The zero-order chi connectivity index (χ0) is 19.6. The molecule has 1 fully saturated rings. The van der Waals surface area contributed by atoms with Crippen LogP contribution in [0.4, 0.5) is 19.0 Å². The minimum absolute atomic E-state index is 0.217. The molecule has 7 nitrogen and oxygen atoms in total. The van der Waals surface area contributed by atoms with Crippen molar-refractivity contribution in [1.82, 2.24) is 9.71 Å². The number of aliphatic hydroxyl groups excluding tert-OH is 1. The number of aromatic nitrogens is 1. The van der Waals surface area contributed by atoms with E-state index in [0.29, 0.717) is 12.5 Å². The van der Waals surface area contributed by atoms with Crippen LogP contribution in [0.5, 0.6) is 0 Å². The molecule has 1 atom stereocenters. The van der Waals surface area contributed by atoms with E-state index in [-0.39, 0.29) is 32.1 Å². The highest BCUT2D eigenvalue weighted by Crippen LogP contribution is 2.38. The van der Waals surface area contributed by atoms with Gasteiger partial charge in [-0.05, 0) is 19.4 Å². The summed E-state index contributed by atoms with van der Waals surface area (Å²) in [5.41, 5.74) is -1.72. The first-order chi connectivity index (χ1) is 12.0. The fraction of sp³-hybridized carbons (Fsp3) is 0.667. The molecule has 0 spiro atoms. The summed E-state index contributed by atoms with van der Waals surface area (Å²) in [6.45, 7) is 3.61. The highest BCUT2D eigenvalue weighted by molar-refractivity contribution is 7.89. The second-order valence-corrected chi connectivity index (χ2v) is 8.00. The summed E-state index contributed by atoms with van der Waals surface area (Å²) in [4.78, 5) is 4.67. The highest BCUT2D eigenvalue weighted by Gasteiger charge is 2.40. The predicted octanol–water partition coefficient (Wildman–Crippen LogP) is 1.38. The quantitative estimate of drug-likeness (QED) is 0.754. The smallest absolute Gasteiger partial charge is 0.395 e. The molecule has 2 rings (SSSR count). The number of anilines is 1. The summed E-state index contributed by atoms with van der Waals surface area (Å²) < 4.78 is 72.4. The number of nitrogens with one attached hydrogen (secondary N) is 1. The van der Waals surface area contributed by atoms with Crippen LogP contribution in [0.1, 0.15) is 25.8 Å². The second-order valence-electron chi connectivity index (χ2n) is 6.23. The van der Waals surface area contributed by atoms with Crippen LogP contribution in [0.3, 0.4) is 0 Å². The van der Waals surface area contributed by atoms with Gasteiger partial charge >= 0.3 is 6.18 Å². The van der Waals surface area contributed by atoms with E-state index >= 15 is 0 Å². The summed E-state index contributed by atoms with van der Waals surface area (Å²) in [5, 5.41) is 8.71. The maximum Gasteiger partial charge on any atom is 0.420 e. The minimum Gasteiger partial charge on any atom is -0.395 e. The molecular formula is C15H22F3N3O4S. The second kappa shape index (κ2) is 7.67. The van der Waals surface area contributed by atoms with Gasteiger partial charge in [0.25, 0.3) is 0 Å². The van der Waals surface area contributed by atoms with Crippen LogP contribution in [-0.2, 0) is 20.9 Å². The van der Waals surface area contributed by atoms with Gasteiger partial charge in [-0.1, -0.05) is 6.92 Å². The Bertz CT molecular complexity index is 742. The van der Waals surface area contributed by atoms with Crippen molar-refractivity contribution < 1.29 is 31.4 Å². The van der Waals surface area contributed by atoms with E-state index in [9.17, 15) is 21.6 Å². The molecule has 0 saturated carbocycles. The zero-order valence-electron chi connectivity index (χ0n) is 14.5. The average molecular weight is 397 g/mol. The molecule has 148 valence electrons. The molecule has 2 heterocycles. The van der Waals surface area contributed by atoms with Crippen LogP contribution in [0.15, 0.2) is 17.2 Å². The molecule has 2 N–H and O–H groups in total. The van der Waals surface area contributed by atoms with Gasteiger partial charge in [-0.3, -0.25) is 0 Å². The normalized spacial score (nSPS) is 21.8. The van der Waals surface area contributed by atoms with Crippen LogP contribution in [0.25, 0.3) is 0 Å². The van der Waals surface area contributed by atoms with Crippen molar-refractivity contribution in [3.8, 4) is 0 Å². The average Bonchev–Trinajstić information content (AvgIpc) is 2.59. The lowest BCUT2D eigenvalue weighted by atomic mass is 10.0. The van der Waals surface area contributed by atoms with Crippen molar-refractivity contribution in [2.24, 2.45) is 0 Å². The number of aliphatic hydroxyl groups is 1. The van der Waals surface area contributed by atoms with Crippen molar-refractivity contribution in [2.75, 3.05) is 37.7 Å². The number of nitrogens with zero attached hydrogens (tertiary/aromatic N) is 2. The number of halogens is 3. The Hall–Kier alpha value is -1.43. The Labute approximate surface area is 150 Å². The molecule has 1 aliphatic heterocycles. The molecule has 0 radical (unpaired) electrons. The van der Waals surface area contributed by atoms with E-state index in [2.05, 4.69) is 4.98 Å². The number of pyridine rings is 1. The molecule has 11 heteroatoms. The van der Waals surface area contributed by atoms with E-state index < -0.39 is 38.9 Å². The summed E-state index contributed by atoms with van der Waals surface area (Å²) in [7, 11) is -4.20. The van der Waals surface area contributed by atoms with Crippen molar-refractivity contribution in [3.63, 3.8) is 0 Å². The van der Waals surface area contributed by atoms with Crippen molar-refractivity contribution in [2.45, 2.75) is 36.9 Å². The molecule has 1 unspecified atom stereocenters. The maximum atomic E-state index is 13.5. The molecular weight excluding hydrogens is 375 g/mol. The first-order valence-electron chi connectivity index (χ1n) is 8.09. The Kier molecular flexibility index (Phi) is 6.16. The maximum absolute atomic E-state index is 13.5. The topological polar surface area (TPSA) is 91.8 Å². The molecule has 0 bridgehead atoms. The number of alkyl halides is 3. The first kappa shape index (κ1) is 20.9. The SMILES string of the molecule is CCC1(C)CN(c2ncc(S(=O)(=O)NCCO)cc2C(F)(F)F)CCO1. The van der Waals surface area contributed by atoms with Gasteiger partial charge in [0.05, 0.1) is 24.4 Å². The van der Waals surface area contributed by atoms with Gasteiger partial charge in [0.15, 0.2) is 0 Å². The van der Waals surface area contributed by atoms with Crippen LogP contribution in [0, 0.1) is 0 Å². The molecule has 0 aliphatic carbocycles. The van der Waals surface area contributed by atoms with Crippen molar-refractivity contribution in [1.29, 1.82) is 0 Å². The molecule has 1 saturated heterocycles. The predicted molar refractivity (Wildman–Crippen MR) is 88.4 cm³/mol. The van der Waals surface area contributed by atoms with Crippen LogP contribution >= 0.6 is 0 Å². The molecule has 1 aromatic rings. The molecule has 1 aromatic heterocycles. The summed E-state index contributed by atoms with van der Waals surface area (Å²) in [6, 6.07) is 0.570. The number of hydrogen-bond donors (Lipinski definition) is 2. The van der Waals surface area contributed by atoms with Gasteiger partial charge in [-0.15, -0.1) is 0 Å². The number of sulfonamides is 1. The van der Waals surface area contributed by atoms with Crippen molar-refractivity contribution >= 4 is 15.8 Å². The van der Waals surface area contributed by atoms with Gasteiger partial charge in [0.1, 0.15) is 10.7 Å². The Balaban J connectivity index is 2.45. The molecule has 26 heavy (non-hydrogen) atoms. The highest BCUT2D eigenvalue weighted by atomic mass is 32.2. The van der Waals surface area contributed by atoms with E-state index in [0.717, 1.165) is 6.20 Å². The van der Waals surface area contributed by atoms with E-state index in [1.807, 2.05) is 18.6 Å². The lowest BCUT2D eigenvalue weighted by molar-refractivity contribution is -0.137. The third-order valence-electron chi connectivity index (χ3n) is 4.25. The number of hydrogen-bond acceptors (Lipinski definition) is 6. The van der Waals surface area contributed by atoms with Gasteiger partial charge in [0.2, 0.25) is 10.0 Å². The zero-order valence-corrected chi connectivity index (χ0v) is 15.3. The standard InChI is InChI=1S/C15H22F3N3O4S/c1-3-14(2)10-21(5-7-25-14)13-12(15(16,17)18)8-11(9-19-13)26(23,24)20-4-6-22/h8-9,20,22H,3-7,10H2,1-2H3. The van der Waals surface area contributed by atoms with Crippen LogP contribution < -0.4 is 9.62 Å². The van der Waals surface area contributed by atoms with E-state index in [4.69, 9.17) is 9.84 Å². The molecule has 1 aliphatic rings. The largest absolute Gasteiger partial charge is 0.420 e. The number of ether oxygens (including phenoxy) is 1. The van der Waals surface area contributed by atoms with Gasteiger partial charge < -0.3 is 14.7 Å². The molecule has 0 amide bonds. The summed E-state index contributed by atoms with van der Waals surface area (Å²) in [5.74, 6) is -0.318. The van der Waals surface area contributed by atoms with Gasteiger partial charge in [-0.25, -0.2) is 18.1 Å². The fourth-order valence-electron chi connectivity index (χ4n) is 2.63. The fourth-order valence-corrected chi connectivity index (χ4v) is 3.63. The monoisotopic (exact) mass is 397 g/mol.